The van der Waals surface area contributed by atoms with Gasteiger partial charge in [-0.15, -0.1) is 0 Å². The van der Waals surface area contributed by atoms with E-state index < -0.39 is 10.0 Å². The average molecular weight is 332 g/mol. The molecule has 1 aromatic rings. The number of nitrogens with one attached hydrogen (secondary N) is 1. The predicted octanol–water partition coefficient (Wildman–Crippen LogP) is 1.93. The molecule has 1 aromatic carbocycles. The number of hydrogen-bond acceptors (Lipinski definition) is 4. The van der Waals surface area contributed by atoms with Gasteiger partial charge in [-0.2, -0.15) is 0 Å². The largest absolute Gasteiger partial charge is 0.398 e. The highest BCUT2D eigenvalue weighted by Gasteiger charge is 2.21. The van der Waals surface area contributed by atoms with Crippen LogP contribution in [0.5, 0.6) is 0 Å². The lowest BCUT2D eigenvalue weighted by molar-refractivity contribution is 0.195. The van der Waals surface area contributed by atoms with Gasteiger partial charge in [0.25, 0.3) is 0 Å². The van der Waals surface area contributed by atoms with Gasteiger partial charge in [0.15, 0.2) is 0 Å². The van der Waals surface area contributed by atoms with Crippen molar-refractivity contribution in [1.82, 2.24) is 9.62 Å². The number of nitrogens with zero attached hydrogens (tertiary/aromatic N) is 1. The second-order valence-electron chi connectivity index (χ2n) is 5.58. The number of nitrogens with two attached hydrogens (primary N) is 1. The molecule has 1 aliphatic heterocycles. The van der Waals surface area contributed by atoms with Crippen molar-refractivity contribution in [3.8, 4) is 0 Å². The molecule has 0 atom stereocenters. The monoisotopic (exact) mass is 331 g/mol. The van der Waals surface area contributed by atoms with E-state index in [0.29, 0.717) is 13.1 Å². The van der Waals surface area contributed by atoms with Crippen molar-refractivity contribution in [2.75, 3.05) is 31.9 Å². The van der Waals surface area contributed by atoms with E-state index in [-0.39, 0.29) is 15.6 Å². The van der Waals surface area contributed by atoms with E-state index in [0.717, 1.165) is 19.0 Å². The fourth-order valence-corrected chi connectivity index (χ4v) is 4.20. The van der Waals surface area contributed by atoms with E-state index in [1.165, 1.54) is 25.0 Å². The fraction of sp³-hybridized carbons (Fsp3) is 0.571. The Balaban J connectivity index is 1.93. The molecule has 1 heterocycles. The molecule has 3 N–H and O–H groups in total. The smallest absolute Gasteiger partial charge is 0.244 e. The topological polar surface area (TPSA) is 75.4 Å². The predicted molar refractivity (Wildman–Crippen MR) is 85.9 cm³/mol. The summed E-state index contributed by atoms with van der Waals surface area (Å²) in [7, 11) is -3.67. The maximum atomic E-state index is 12.3. The number of anilines is 1. The normalized spacial score (nSPS) is 18.0. The molecule has 0 bridgehead atoms. The molecule has 2 rings (SSSR count). The standard InChI is InChI=1S/C14H22ClN3O2S/c1-11-5-8-18(9-6-11)10-7-17-21(19,20)14-12(15)3-2-4-13(14)16/h2-4,11,17H,5-10,16H2,1H3. The van der Waals surface area contributed by atoms with Gasteiger partial charge in [0.05, 0.1) is 10.7 Å². The van der Waals surface area contributed by atoms with Gasteiger partial charge < -0.3 is 10.6 Å². The Morgan fingerprint density at radius 3 is 2.67 bits per heavy atom. The molecule has 0 spiro atoms. The average Bonchev–Trinajstić information content (AvgIpc) is 2.40. The van der Waals surface area contributed by atoms with Crippen LogP contribution in [0, 0.1) is 5.92 Å². The van der Waals surface area contributed by atoms with Crippen LogP contribution < -0.4 is 10.5 Å². The lowest BCUT2D eigenvalue weighted by atomic mass is 9.99. The zero-order valence-corrected chi connectivity index (χ0v) is 13.8. The zero-order valence-electron chi connectivity index (χ0n) is 12.2. The quantitative estimate of drug-likeness (QED) is 0.808. The minimum absolute atomic E-state index is 0.0288. The van der Waals surface area contributed by atoms with Crippen molar-refractivity contribution in [2.45, 2.75) is 24.7 Å². The molecular formula is C14H22ClN3O2S. The molecule has 118 valence electrons. The number of piperidine rings is 1. The number of benzene rings is 1. The molecule has 7 heteroatoms. The molecule has 0 radical (unpaired) electrons. The van der Waals surface area contributed by atoms with Crippen molar-refractivity contribution in [3.63, 3.8) is 0 Å². The lowest BCUT2D eigenvalue weighted by Gasteiger charge is -2.30. The van der Waals surface area contributed by atoms with Crippen LogP contribution in [0.2, 0.25) is 5.02 Å². The van der Waals surface area contributed by atoms with E-state index in [1.807, 2.05) is 0 Å². The molecule has 0 saturated carbocycles. The summed E-state index contributed by atoms with van der Waals surface area (Å²) in [5.41, 5.74) is 5.89. The summed E-state index contributed by atoms with van der Waals surface area (Å²) in [5, 5.41) is 0.147. The van der Waals surface area contributed by atoms with Gasteiger partial charge in [-0.05, 0) is 44.0 Å². The number of hydrogen-bond donors (Lipinski definition) is 2. The third-order valence-electron chi connectivity index (χ3n) is 3.86. The van der Waals surface area contributed by atoms with Crippen molar-refractivity contribution < 1.29 is 8.42 Å². The molecule has 5 nitrogen and oxygen atoms in total. The maximum absolute atomic E-state index is 12.3. The van der Waals surface area contributed by atoms with Crippen molar-refractivity contribution >= 4 is 27.3 Å². The second kappa shape index (κ2) is 6.96. The summed E-state index contributed by atoms with van der Waals surface area (Å²) in [5.74, 6) is 0.765. The van der Waals surface area contributed by atoms with Crippen molar-refractivity contribution in [2.24, 2.45) is 5.92 Å². The van der Waals surface area contributed by atoms with Crippen LogP contribution in [-0.4, -0.2) is 39.5 Å². The number of rotatable bonds is 5. The van der Waals surface area contributed by atoms with Gasteiger partial charge in [-0.25, -0.2) is 13.1 Å². The SMILES string of the molecule is CC1CCN(CCNS(=O)(=O)c2c(N)cccc2Cl)CC1. The molecule has 0 aliphatic carbocycles. The van der Waals surface area contributed by atoms with Gasteiger partial charge in [0.2, 0.25) is 10.0 Å². The highest BCUT2D eigenvalue weighted by Crippen LogP contribution is 2.26. The van der Waals surface area contributed by atoms with Gasteiger partial charge >= 0.3 is 0 Å². The van der Waals surface area contributed by atoms with Crippen LogP contribution in [0.4, 0.5) is 5.69 Å². The van der Waals surface area contributed by atoms with Gasteiger partial charge in [0, 0.05) is 13.1 Å². The first-order chi connectivity index (χ1) is 9.90. The molecule has 0 unspecified atom stereocenters. The summed E-state index contributed by atoms with van der Waals surface area (Å²) in [6.45, 7) is 5.37. The number of halogens is 1. The zero-order chi connectivity index (χ0) is 15.5. The van der Waals surface area contributed by atoms with E-state index in [4.69, 9.17) is 17.3 Å². The minimum Gasteiger partial charge on any atom is -0.398 e. The summed E-state index contributed by atoms with van der Waals surface area (Å²) >= 11 is 5.95. The summed E-state index contributed by atoms with van der Waals surface area (Å²) in [4.78, 5) is 2.25. The van der Waals surface area contributed by atoms with Crippen LogP contribution >= 0.6 is 11.6 Å². The van der Waals surface area contributed by atoms with Crippen LogP contribution in [0.25, 0.3) is 0 Å². The number of sulfonamides is 1. The van der Waals surface area contributed by atoms with Gasteiger partial charge in [0.1, 0.15) is 4.90 Å². The van der Waals surface area contributed by atoms with Crippen LogP contribution in [0.3, 0.4) is 0 Å². The van der Waals surface area contributed by atoms with Crippen LogP contribution in [-0.2, 0) is 10.0 Å². The third-order valence-corrected chi connectivity index (χ3v) is 5.87. The van der Waals surface area contributed by atoms with E-state index in [2.05, 4.69) is 16.5 Å². The highest BCUT2D eigenvalue weighted by molar-refractivity contribution is 7.89. The molecule has 1 fully saturated rings. The molecule has 21 heavy (non-hydrogen) atoms. The maximum Gasteiger partial charge on any atom is 0.244 e. The first-order valence-corrected chi connectivity index (χ1v) is 9.02. The van der Waals surface area contributed by atoms with Crippen LogP contribution in [0.15, 0.2) is 23.1 Å². The first-order valence-electron chi connectivity index (χ1n) is 7.16. The van der Waals surface area contributed by atoms with E-state index >= 15 is 0 Å². The second-order valence-corrected chi connectivity index (χ2v) is 7.69. The molecular weight excluding hydrogens is 310 g/mol. The summed E-state index contributed by atoms with van der Waals surface area (Å²) in [6.07, 6.45) is 2.34. The Bertz CT molecular complexity index is 564. The first kappa shape index (κ1) is 16.5. The minimum atomic E-state index is -3.67. The van der Waals surface area contributed by atoms with Crippen molar-refractivity contribution in [1.29, 1.82) is 0 Å². The number of nitrogen functional groups attached to an aromatic ring is 1. The van der Waals surface area contributed by atoms with Crippen LogP contribution in [0.1, 0.15) is 19.8 Å². The molecule has 0 amide bonds. The highest BCUT2D eigenvalue weighted by atomic mass is 35.5. The van der Waals surface area contributed by atoms with Crippen molar-refractivity contribution in [3.05, 3.63) is 23.2 Å². The summed E-state index contributed by atoms with van der Waals surface area (Å²) < 4.78 is 27.1. The molecule has 1 saturated heterocycles. The van der Waals surface area contributed by atoms with Gasteiger partial charge in [-0.3, -0.25) is 0 Å². The Hall–Kier alpha value is -0.820. The Morgan fingerprint density at radius 1 is 1.38 bits per heavy atom. The lowest BCUT2D eigenvalue weighted by Crippen LogP contribution is -2.39. The van der Waals surface area contributed by atoms with Gasteiger partial charge in [-0.1, -0.05) is 24.6 Å². The molecule has 1 aliphatic rings. The Labute approximate surface area is 131 Å². The summed E-state index contributed by atoms with van der Waals surface area (Å²) in [6, 6.07) is 4.69. The Kier molecular flexibility index (Phi) is 5.48. The number of likely N-dealkylation sites (tertiary alicyclic amines) is 1. The Morgan fingerprint density at radius 2 is 2.05 bits per heavy atom. The fourth-order valence-electron chi connectivity index (χ4n) is 2.50. The van der Waals surface area contributed by atoms with E-state index in [9.17, 15) is 8.42 Å². The van der Waals surface area contributed by atoms with E-state index in [1.54, 1.807) is 6.07 Å². The molecule has 0 aromatic heterocycles. The third kappa shape index (κ3) is 4.32.